The molecule has 10 nitrogen and oxygen atoms in total. The summed E-state index contributed by atoms with van der Waals surface area (Å²) < 4.78 is 26.3. The average molecular weight is 464 g/mol. The van der Waals surface area contributed by atoms with Gasteiger partial charge in [0.25, 0.3) is 0 Å². The standard InChI is InChI=1S/C23H28O10/c1-6-22(3,4)33-21(28)17-11-10-16(32-17)20(27)29-12-13-30-23(5,7-2)18(24)14-8-9-15(31-14)19(25)26/h8-11H,6-7,12-13H2,1-5H3,(H,25,26). The number of carboxylic acids is 1. The van der Waals surface area contributed by atoms with Crippen LogP contribution in [-0.4, -0.2) is 53.2 Å². The van der Waals surface area contributed by atoms with Crippen LogP contribution in [0.25, 0.3) is 0 Å². The molecule has 0 bridgehead atoms. The molecule has 2 aromatic heterocycles. The number of carbonyl (C=O) groups excluding carboxylic acids is 3. The Morgan fingerprint density at radius 1 is 0.818 bits per heavy atom. The van der Waals surface area contributed by atoms with E-state index in [0.717, 1.165) is 0 Å². The summed E-state index contributed by atoms with van der Waals surface area (Å²) in [6.45, 7) is 8.33. The number of rotatable bonds is 12. The lowest BCUT2D eigenvalue weighted by Crippen LogP contribution is -2.38. The molecule has 1 unspecified atom stereocenters. The highest BCUT2D eigenvalue weighted by Crippen LogP contribution is 2.23. The van der Waals surface area contributed by atoms with Gasteiger partial charge in [-0.3, -0.25) is 4.79 Å². The minimum absolute atomic E-state index is 0.116. The fourth-order valence-electron chi connectivity index (χ4n) is 2.57. The Morgan fingerprint density at radius 2 is 1.36 bits per heavy atom. The van der Waals surface area contributed by atoms with Crippen LogP contribution in [0.1, 0.15) is 89.7 Å². The van der Waals surface area contributed by atoms with E-state index in [-0.39, 0.29) is 42.7 Å². The fourth-order valence-corrected chi connectivity index (χ4v) is 2.57. The van der Waals surface area contributed by atoms with Crippen LogP contribution >= 0.6 is 0 Å². The van der Waals surface area contributed by atoms with Gasteiger partial charge < -0.3 is 28.2 Å². The van der Waals surface area contributed by atoms with Crippen molar-refractivity contribution in [3.63, 3.8) is 0 Å². The van der Waals surface area contributed by atoms with Crippen molar-refractivity contribution in [3.05, 3.63) is 47.3 Å². The van der Waals surface area contributed by atoms with E-state index >= 15 is 0 Å². The van der Waals surface area contributed by atoms with Gasteiger partial charge in [-0.2, -0.15) is 0 Å². The monoisotopic (exact) mass is 464 g/mol. The van der Waals surface area contributed by atoms with E-state index in [2.05, 4.69) is 0 Å². The third-order valence-corrected chi connectivity index (χ3v) is 5.16. The molecule has 1 N–H and O–H groups in total. The third kappa shape index (κ3) is 6.55. The van der Waals surface area contributed by atoms with Gasteiger partial charge in [0.1, 0.15) is 17.8 Å². The minimum atomic E-state index is -1.31. The number of hydrogen-bond donors (Lipinski definition) is 1. The first-order valence-corrected chi connectivity index (χ1v) is 10.4. The zero-order chi connectivity index (χ0) is 24.8. The maximum atomic E-state index is 12.7. The molecule has 33 heavy (non-hydrogen) atoms. The quantitative estimate of drug-likeness (QED) is 0.276. The number of hydrogen-bond acceptors (Lipinski definition) is 9. The summed E-state index contributed by atoms with van der Waals surface area (Å²) in [5.41, 5.74) is -1.98. The number of Topliss-reactive ketones (excluding diaryl/α,β-unsaturated/α-hetero) is 1. The Balaban J connectivity index is 1.89. The third-order valence-electron chi connectivity index (χ3n) is 5.16. The van der Waals surface area contributed by atoms with Gasteiger partial charge in [0.05, 0.1) is 6.61 Å². The van der Waals surface area contributed by atoms with Crippen molar-refractivity contribution in [2.75, 3.05) is 13.2 Å². The lowest BCUT2D eigenvalue weighted by atomic mass is 9.95. The minimum Gasteiger partial charge on any atom is -0.475 e. The second-order valence-corrected chi connectivity index (χ2v) is 8.03. The van der Waals surface area contributed by atoms with E-state index in [9.17, 15) is 19.2 Å². The maximum Gasteiger partial charge on any atom is 0.374 e. The van der Waals surface area contributed by atoms with E-state index in [4.69, 9.17) is 28.2 Å². The number of carbonyl (C=O) groups is 4. The van der Waals surface area contributed by atoms with Crippen molar-refractivity contribution in [1.82, 2.24) is 0 Å². The van der Waals surface area contributed by atoms with Crippen LogP contribution in [0.2, 0.25) is 0 Å². The van der Waals surface area contributed by atoms with Crippen molar-refractivity contribution in [1.29, 1.82) is 0 Å². The molecule has 0 fully saturated rings. The number of ether oxygens (including phenoxy) is 3. The van der Waals surface area contributed by atoms with Crippen LogP contribution in [-0.2, 0) is 14.2 Å². The molecule has 0 saturated heterocycles. The molecule has 0 radical (unpaired) electrons. The number of ketones is 1. The lowest BCUT2D eigenvalue weighted by Gasteiger charge is -2.26. The summed E-state index contributed by atoms with van der Waals surface area (Å²) in [5, 5.41) is 8.93. The van der Waals surface area contributed by atoms with Crippen LogP contribution in [0.15, 0.2) is 33.1 Å². The molecule has 2 aromatic rings. The van der Waals surface area contributed by atoms with Gasteiger partial charge in [0.2, 0.25) is 23.1 Å². The topological polar surface area (TPSA) is 142 Å². The SMILES string of the molecule is CCC(C)(C)OC(=O)c1ccc(C(=O)OCCOC(C)(CC)C(=O)c2ccc(C(=O)O)o2)o1. The molecule has 10 heteroatoms. The highest BCUT2D eigenvalue weighted by Gasteiger charge is 2.35. The highest BCUT2D eigenvalue weighted by atomic mass is 16.6. The largest absolute Gasteiger partial charge is 0.475 e. The second kappa shape index (κ2) is 10.5. The average Bonchev–Trinajstić information content (AvgIpc) is 3.46. The van der Waals surface area contributed by atoms with Crippen LogP contribution in [0.4, 0.5) is 0 Å². The summed E-state index contributed by atoms with van der Waals surface area (Å²) in [5.74, 6) is -4.12. The molecule has 1 atom stereocenters. The van der Waals surface area contributed by atoms with E-state index in [0.29, 0.717) is 6.42 Å². The molecule has 0 spiro atoms. The van der Waals surface area contributed by atoms with Gasteiger partial charge in [-0.15, -0.1) is 0 Å². The molecule has 0 aromatic carbocycles. The number of esters is 2. The summed E-state index contributed by atoms with van der Waals surface area (Å²) in [6, 6.07) is 5.08. The van der Waals surface area contributed by atoms with Crippen molar-refractivity contribution < 1.29 is 47.3 Å². The summed E-state index contributed by atoms with van der Waals surface area (Å²) in [6.07, 6.45) is 0.870. The number of furan rings is 2. The molecule has 0 aliphatic heterocycles. The zero-order valence-electron chi connectivity index (χ0n) is 19.3. The summed E-state index contributed by atoms with van der Waals surface area (Å²) >= 11 is 0. The Morgan fingerprint density at radius 3 is 1.91 bits per heavy atom. The number of carboxylic acid groups (broad SMARTS) is 1. The normalized spacial score (nSPS) is 13.2. The Bertz CT molecular complexity index is 1010. The van der Waals surface area contributed by atoms with Crippen LogP contribution in [0.3, 0.4) is 0 Å². The molecule has 0 aliphatic carbocycles. The maximum absolute atomic E-state index is 12.7. The molecule has 0 aliphatic rings. The van der Waals surface area contributed by atoms with Crippen LogP contribution in [0, 0.1) is 0 Å². The zero-order valence-corrected chi connectivity index (χ0v) is 19.3. The van der Waals surface area contributed by atoms with E-state index in [1.54, 1.807) is 20.8 Å². The van der Waals surface area contributed by atoms with Crippen LogP contribution in [0.5, 0.6) is 0 Å². The molecular formula is C23H28O10. The first-order valence-electron chi connectivity index (χ1n) is 10.4. The van der Waals surface area contributed by atoms with Crippen molar-refractivity contribution >= 4 is 23.7 Å². The molecular weight excluding hydrogens is 436 g/mol. The molecule has 2 heterocycles. The van der Waals surface area contributed by atoms with Gasteiger partial charge in [0.15, 0.2) is 5.76 Å². The van der Waals surface area contributed by atoms with E-state index in [1.165, 1.54) is 31.2 Å². The predicted molar refractivity (Wildman–Crippen MR) is 113 cm³/mol. The first-order chi connectivity index (χ1) is 15.4. The summed E-state index contributed by atoms with van der Waals surface area (Å²) in [4.78, 5) is 47.9. The van der Waals surface area contributed by atoms with Crippen molar-refractivity contribution in [2.45, 2.75) is 58.7 Å². The molecule has 180 valence electrons. The smallest absolute Gasteiger partial charge is 0.374 e. The van der Waals surface area contributed by atoms with Crippen LogP contribution < -0.4 is 0 Å². The van der Waals surface area contributed by atoms with Gasteiger partial charge in [-0.1, -0.05) is 13.8 Å². The van der Waals surface area contributed by atoms with Gasteiger partial charge in [-0.25, -0.2) is 14.4 Å². The van der Waals surface area contributed by atoms with Gasteiger partial charge >= 0.3 is 17.9 Å². The fraction of sp³-hybridized carbons (Fsp3) is 0.478. The van der Waals surface area contributed by atoms with E-state index in [1.807, 2.05) is 6.92 Å². The molecule has 0 amide bonds. The van der Waals surface area contributed by atoms with Crippen molar-refractivity contribution in [2.24, 2.45) is 0 Å². The van der Waals surface area contributed by atoms with Gasteiger partial charge in [-0.05, 0) is 57.9 Å². The lowest BCUT2D eigenvalue weighted by molar-refractivity contribution is -0.0367. The van der Waals surface area contributed by atoms with Crippen molar-refractivity contribution in [3.8, 4) is 0 Å². The van der Waals surface area contributed by atoms with E-state index < -0.39 is 34.9 Å². The molecule has 0 saturated carbocycles. The summed E-state index contributed by atoms with van der Waals surface area (Å²) in [7, 11) is 0. The molecule has 2 rings (SSSR count). The highest BCUT2D eigenvalue weighted by molar-refractivity contribution is 6.00. The Labute approximate surface area is 190 Å². The van der Waals surface area contributed by atoms with Gasteiger partial charge in [0, 0.05) is 0 Å². The Kier molecular flexibility index (Phi) is 8.21. The first kappa shape index (κ1) is 25.9. The Hall–Kier alpha value is -3.40. The predicted octanol–water partition coefficient (Wildman–Crippen LogP) is 4.14. The second-order valence-electron chi connectivity index (χ2n) is 8.03. The number of aromatic carboxylic acids is 1.